The lowest BCUT2D eigenvalue weighted by Crippen LogP contribution is -2.52. The number of hydrogen-bond donors (Lipinski definition) is 1. The van der Waals surface area contributed by atoms with Crippen LogP contribution in [0.4, 0.5) is 0 Å². The fourth-order valence-corrected chi connectivity index (χ4v) is 3.39. The van der Waals surface area contributed by atoms with Gasteiger partial charge >= 0.3 is 0 Å². The largest absolute Gasteiger partial charge is 0.303 e. The summed E-state index contributed by atoms with van der Waals surface area (Å²) >= 11 is 0. The third-order valence-corrected chi connectivity index (χ3v) is 4.31. The number of carbonyl (C=O) groups is 4. The van der Waals surface area contributed by atoms with Crippen LogP contribution in [0, 0.1) is 10.8 Å². The van der Waals surface area contributed by atoms with Crippen molar-refractivity contribution in [2.75, 3.05) is 0 Å². The first kappa shape index (κ1) is 12.7. The second-order valence-electron chi connectivity index (χ2n) is 4.92. The van der Waals surface area contributed by atoms with E-state index in [-0.39, 0.29) is 6.42 Å². The molecule has 1 saturated heterocycles. The van der Waals surface area contributed by atoms with Crippen LogP contribution in [0.3, 0.4) is 0 Å². The Morgan fingerprint density at radius 3 is 2.56 bits per heavy atom. The highest BCUT2D eigenvalue weighted by Gasteiger charge is 2.69. The van der Waals surface area contributed by atoms with E-state index >= 15 is 0 Å². The van der Waals surface area contributed by atoms with Crippen molar-refractivity contribution >= 4 is 23.9 Å². The van der Waals surface area contributed by atoms with Crippen molar-refractivity contribution < 1.29 is 19.2 Å². The van der Waals surface area contributed by atoms with Gasteiger partial charge in [-0.2, -0.15) is 0 Å². The third kappa shape index (κ3) is 1.27. The van der Waals surface area contributed by atoms with Gasteiger partial charge in [0.15, 0.2) is 5.78 Å². The summed E-state index contributed by atoms with van der Waals surface area (Å²) in [5, 5.41) is 2.24. The number of imide groups is 1. The van der Waals surface area contributed by atoms with E-state index in [1.54, 1.807) is 0 Å². The molecule has 1 heterocycles. The van der Waals surface area contributed by atoms with Crippen LogP contribution in [0.2, 0.25) is 0 Å². The Labute approximate surface area is 105 Å². The zero-order valence-electron chi connectivity index (χ0n) is 10.0. The first-order valence-electron chi connectivity index (χ1n) is 6.01. The van der Waals surface area contributed by atoms with Crippen LogP contribution < -0.4 is 5.32 Å². The topological polar surface area (TPSA) is 80.3 Å². The highest BCUT2D eigenvalue weighted by atomic mass is 16.2. The summed E-state index contributed by atoms with van der Waals surface area (Å²) in [5.41, 5.74) is -2.61. The number of amides is 2. The van der Waals surface area contributed by atoms with Gasteiger partial charge in [-0.15, -0.1) is 0 Å². The molecule has 2 atom stereocenters. The van der Waals surface area contributed by atoms with E-state index < -0.39 is 28.4 Å². The van der Waals surface area contributed by atoms with Crippen molar-refractivity contribution in [1.29, 1.82) is 0 Å². The number of ketones is 1. The summed E-state index contributed by atoms with van der Waals surface area (Å²) in [5.74, 6) is -1.51. The van der Waals surface area contributed by atoms with Crippen LogP contribution in [-0.2, 0) is 19.2 Å². The van der Waals surface area contributed by atoms with Crippen LogP contribution in [-0.4, -0.2) is 23.9 Å². The van der Waals surface area contributed by atoms with Crippen LogP contribution >= 0.6 is 0 Å². The molecule has 2 fully saturated rings. The molecular weight excluding hydrogens is 234 g/mol. The molecule has 0 aromatic heterocycles. The summed E-state index contributed by atoms with van der Waals surface area (Å²) in [4.78, 5) is 47.2. The summed E-state index contributed by atoms with van der Waals surface area (Å²) in [6.45, 7) is 3.41. The lowest BCUT2D eigenvalue weighted by molar-refractivity contribution is -0.151. The van der Waals surface area contributed by atoms with E-state index in [0.29, 0.717) is 25.5 Å². The molecule has 0 aromatic carbocycles. The number of hydrogen-bond acceptors (Lipinski definition) is 4. The number of aldehydes is 1. The molecule has 2 aliphatic rings. The van der Waals surface area contributed by atoms with Gasteiger partial charge in [0.1, 0.15) is 11.7 Å². The third-order valence-electron chi connectivity index (χ3n) is 4.31. The van der Waals surface area contributed by atoms with E-state index in [2.05, 4.69) is 11.9 Å². The molecule has 5 heteroatoms. The monoisotopic (exact) mass is 249 g/mol. The quantitative estimate of drug-likeness (QED) is 0.341. The predicted octanol–water partition coefficient (Wildman–Crippen LogP) is 0.534. The molecule has 1 aliphatic carbocycles. The highest BCUT2D eigenvalue weighted by Crippen LogP contribution is 2.56. The van der Waals surface area contributed by atoms with Gasteiger partial charge in [0.2, 0.25) is 11.8 Å². The zero-order chi connectivity index (χ0) is 13.4. The zero-order valence-corrected chi connectivity index (χ0v) is 10.0. The highest BCUT2D eigenvalue weighted by molar-refractivity contribution is 6.23. The Balaban J connectivity index is 2.63. The summed E-state index contributed by atoms with van der Waals surface area (Å²) < 4.78 is 0. The van der Waals surface area contributed by atoms with E-state index in [0.717, 1.165) is 12.5 Å². The van der Waals surface area contributed by atoms with Gasteiger partial charge in [0.05, 0.1) is 5.41 Å². The fraction of sp³-hybridized carbons (Fsp3) is 0.538. The maximum Gasteiger partial charge on any atom is 0.241 e. The first-order chi connectivity index (χ1) is 8.55. The van der Waals surface area contributed by atoms with Gasteiger partial charge in [0, 0.05) is 6.42 Å². The Hall–Kier alpha value is -1.78. The summed E-state index contributed by atoms with van der Waals surface area (Å²) in [7, 11) is 0. The Morgan fingerprint density at radius 2 is 1.94 bits per heavy atom. The van der Waals surface area contributed by atoms with Crippen LogP contribution in [0.15, 0.2) is 12.7 Å². The van der Waals surface area contributed by atoms with Crippen molar-refractivity contribution in [3.63, 3.8) is 0 Å². The molecule has 2 rings (SSSR count). The van der Waals surface area contributed by atoms with E-state index in [4.69, 9.17) is 0 Å². The molecule has 1 N–H and O–H groups in total. The average Bonchev–Trinajstić information content (AvgIpc) is 2.59. The fourth-order valence-electron chi connectivity index (χ4n) is 3.39. The Bertz CT molecular complexity index is 456. The van der Waals surface area contributed by atoms with E-state index in [1.807, 2.05) is 0 Å². The predicted molar refractivity (Wildman–Crippen MR) is 62.4 cm³/mol. The molecule has 0 spiro atoms. The van der Waals surface area contributed by atoms with Crippen molar-refractivity contribution in [3.05, 3.63) is 12.7 Å². The molecule has 0 radical (unpaired) electrons. The molecule has 2 unspecified atom stereocenters. The van der Waals surface area contributed by atoms with Crippen molar-refractivity contribution in [1.82, 2.24) is 5.32 Å². The SMILES string of the molecule is C=CC(=O)C12CCCCC1(CC=O)C(=O)NC2=O. The maximum absolute atomic E-state index is 12.2. The lowest BCUT2D eigenvalue weighted by atomic mass is 9.54. The van der Waals surface area contributed by atoms with Gasteiger partial charge in [0.25, 0.3) is 0 Å². The van der Waals surface area contributed by atoms with Gasteiger partial charge in [-0.3, -0.25) is 19.7 Å². The molecule has 96 valence electrons. The van der Waals surface area contributed by atoms with Gasteiger partial charge < -0.3 is 4.79 Å². The Morgan fingerprint density at radius 1 is 1.28 bits per heavy atom. The standard InChI is InChI=1S/C13H15NO4/c1-2-9(16)13-6-4-3-5-12(13,7-8-15)10(17)14-11(13)18/h2,8H,1,3-7H2,(H,14,17,18). The minimum atomic E-state index is -1.41. The number of carbonyl (C=O) groups excluding carboxylic acids is 4. The van der Waals surface area contributed by atoms with Crippen molar-refractivity contribution in [2.24, 2.45) is 10.8 Å². The van der Waals surface area contributed by atoms with Gasteiger partial charge in [-0.05, 0) is 18.9 Å². The molecule has 18 heavy (non-hydrogen) atoms. The molecule has 1 saturated carbocycles. The summed E-state index contributed by atoms with van der Waals surface area (Å²) in [6, 6.07) is 0. The van der Waals surface area contributed by atoms with Crippen LogP contribution in [0.25, 0.3) is 0 Å². The molecule has 0 bridgehead atoms. The van der Waals surface area contributed by atoms with Crippen LogP contribution in [0.5, 0.6) is 0 Å². The molecular formula is C13H15NO4. The second-order valence-corrected chi connectivity index (χ2v) is 4.92. The molecule has 5 nitrogen and oxygen atoms in total. The number of allylic oxidation sites excluding steroid dienone is 1. The average molecular weight is 249 g/mol. The lowest BCUT2D eigenvalue weighted by Gasteiger charge is -2.42. The van der Waals surface area contributed by atoms with Crippen molar-refractivity contribution in [2.45, 2.75) is 32.1 Å². The first-order valence-corrected chi connectivity index (χ1v) is 6.01. The van der Waals surface area contributed by atoms with Gasteiger partial charge in [-0.1, -0.05) is 19.4 Å². The maximum atomic E-state index is 12.2. The minimum absolute atomic E-state index is 0.0931. The number of nitrogens with one attached hydrogen (secondary N) is 1. The normalized spacial score (nSPS) is 34.7. The second kappa shape index (κ2) is 4.15. The smallest absolute Gasteiger partial charge is 0.241 e. The number of fused-ring (bicyclic) bond motifs is 1. The number of rotatable bonds is 4. The minimum Gasteiger partial charge on any atom is -0.303 e. The van der Waals surface area contributed by atoms with E-state index in [1.165, 1.54) is 0 Å². The molecule has 1 aliphatic heterocycles. The van der Waals surface area contributed by atoms with Gasteiger partial charge in [-0.25, -0.2) is 0 Å². The molecule has 0 aromatic rings. The summed E-state index contributed by atoms with van der Waals surface area (Å²) in [6.07, 6.45) is 3.75. The van der Waals surface area contributed by atoms with E-state index in [9.17, 15) is 19.2 Å². The Kier molecular flexibility index (Phi) is 2.92. The van der Waals surface area contributed by atoms with Crippen LogP contribution in [0.1, 0.15) is 32.1 Å². The molecule has 2 amide bonds. The van der Waals surface area contributed by atoms with Crippen molar-refractivity contribution in [3.8, 4) is 0 Å².